The Morgan fingerprint density at radius 3 is 2.62 bits per heavy atom. The molecule has 0 aliphatic carbocycles. The predicted molar refractivity (Wildman–Crippen MR) is 98.4 cm³/mol. The van der Waals surface area contributed by atoms with E-state index in [2.05, 4.69) is 30.8 Å². The molecule has 2 N–H and O–H groups in total. The number of anilines is 2. The van der Waals surface area contributed by atoms with Crippen LogP contribution in [-0.4, -0.2) is 40.4 Å². The van der Waals surface area contributed by atoms with Gasteiger partial charge >= 0.3 is 0 Å². The van der Waals surface area contributed by atoms with Gasteiger partial charge in [-0.1, -0.05) is 6.07 Å². The lowest BCUT2D eigenvalue weighted by Gasteiger charge is -2.09. The molecule has 3 aromatic rings. The number of methoxy groups -OCH3 is 1. The number of rotatable bonds is 9. The van der Waals surface area contributed by atoms with Crippen molar-refractivity contribution in [3.05, 3.63) is 60.6 Å². The lowest BCUT2D eigenvalue weighted by molar-refractivity contribution is 0.331. The third kappa shape index (κ3) is 5.30. The summed E-state index contributed by atoms with van der Waals surface area (Å²) in [5, 5.41) is 14.2. The predicted octanol–water partition coefficient (Wildman–Crippen LogP) is 2.38. The molecule has 26 heavy (non-hydrogen) atoms. The molecule has 134 valence electrons. The average molecular weight is 352 g/mol. The van der Waals surface area contributed by atoms with Gasteiger partial charge in [0.25, 0.3) is 0 Å². The van der Waals surface area contributed by atoms with Crippen LogP contribution in [0.1, 0.15) is 5.56 Å². The van der Waals surface area contributed by atoms with Crippen LogP contribution in [0.2, 0.25) is 0 Å². The number of nitrogens with one attached hydrogen (secondary N) is 2. The highest BCUT2D eigenvalue weighted by atomic mass is 16.5. The summed E-state index contributed by atoms with van der Waals surface area (Å²) in [5.41, 5.74) is 1.06. The van der Waals surface area contributed by atoms with Gasteiger partial charge in [0, 0.05) is 18.9 Å². The molecule has 0 aliphatic heterocycles. The highest BCUT2D eigenvalue weighted by molar-refractivity contribution is 5.37. The van der Waals surface area contributed by atoms with Crippen LogP contribution >= 0.6 is 0 Å². The van der Waals surface area contributed by atoms with E-state index in [1.54, 1.807) is 25.7 Å². The minimum atomic E-state index is 0.444. The second-order valence-corrected chi connectivity index (χ2v) is 5.33. The molecule has 1 aromatic carbocycles. The van der Waals surface area contributed by atoms with Gasteiger partial charge in [-0.25, -0.2) is 0 Å². The van der Waals surface area contributed by atoms with Crippen LogP contribution in [0.25, 0.3) is 0 Å². The Bertz CT molecular complexity index is 798. The molecule has 0 radical (unpaired) electrons. The zero-order chi connectivity index (χ0) is 18.0. The number of aromatic nitrogens is 4. The number of hydrogen-bond donors (Lipinski definition) is 2. The van der Waals surface area contributed by atoms with E-state index in [0.717, 1.165) is 17.1 Å². The smallest absolute Gasteiger partial charge is 0.244 e. The molecule has 0 saturated carbocycles. The first-order chi connectivity index (χ1) is 12.8. The van der Waals surface area contributed by atoms with Gasteiger partial charge in [0.1, 0.15) is 18.1 Å². The molecule has 0 unspecified atom stereocenters. The third-order valence-electron chi connectivity index (χ3n) is 3.47. The van der Waals surface area contributed by atoms with Gasteiger partial charge in [-0.2, -0.15) is 10.1 Å². The molecular weight excluding hydrogens is 332 g/mol. The first kappa shape index (κ1) is 17.4. The van der Waals surface area contributed by atoms with E-state index in [4.69, 9.17) is 9.47 Å². The zero-order valence-corrected chi connectivity index (χ0v) is 14.4. The molecule has 0 fully saturated rings. The van der Waals surface area contributed by atoms with Crippen molar-refractivity contribution in [2.24, 2.45) is 0 Å². The maximum Gasteiger partial charge on any atom is 0.244 e. The maximum absolute atomic E-state index is 5.65. The Morgan fingerprint density at radius 1 is 1.00 bits per heavy atom. The minimum Gasteiger partial charge on any atom is -0.497 e. The van der Waals surface area contributed by atoms with Crippen molar-refractivity contribution in [3.63, 3.8) is 0 Å². The minimum absolute atomic E-state index is 0.444. The first-order valence-electron chi connectivity index (χ1n) is 8.17. The molecule has 8 nitrogen and oxygen atoms in total. The highest BCUT2D eigenvalue weighted by Crippen LogP contribution is 2.16. The van der Waals surface area contributed by atoms with E-state index in [1.807, 2.05) is 36.4 Å². The lowest BCUT2D eigenvalue weighted by Crippen LogP contribution is -2.14. The van der Waals surface area contributed by atoms with Crippen molar-refractivity contribution in [1.82, 2.24) is 20.2 Å². The van der Waals surface area contributed by atoms with Crippen molar-refractivity contribution in [1.29, 1.82) is 0 Å². The fourth-order valence-electron chi connectivity index (χ4n) is 2.16. The van der Waals surface area contributed by atoms with Crippen LogP contribution < -0.4 is 20.1 Å². The SMILES string of the molecule is COc1ccc(OCCNc2nncc(NCc3cccnc3)n2)cc1. The van der Waals surface area contributed by atoms with Crippen LogP contribution in [0.15, 0.2) is 55.0 Å². The molecule has 0 amide bonds. The quantitative estimate of drug-likeness (QED) is 0.567. The van der Waals surface area contributed by atoms with Gasteiger partial charge in [-0.15, -0.1) is 5.10 Å². The molecule has 8 heteroatoms. The van der Waals surface area contributed by atoms with Crippen LogP contribution in [0.5, 0.6) is 11.5 Å². The summed E-state index contributed by atoms with van der Waals surface area (Å²) in [5.74, 6) is 2.66. The van der Waals surface area contributed by atoms with Crippen LogP contribution in [0.4, 0.5) is 11.8 Å². The molecule has 0 spiro atoms. The number of hydrogen-bond acceptors (Lipinski definition) is 8. The van der Waals surface area contributed by atoms with Gasteiger partial charge in [-0.3, -0.25) is 4.98 Å². The lowest BCUT2D eigenvalue weighted by atomic mass is 10.3. The summed E-state index contributed by atoms with van der Waals surface area (Å²) in [6, 6.07) is 11.3. The van der Waals surface area contributed by atoms with E-state index in [-0.39, 0.29) is 0 Å². The molecule has 0 aliphatic rings. The van der Waals surface area contributed by atoms with Crippen molar-refractivity contribution in [2.75, 3.05) is 30.9 Å². The Morgan fingerprint density at radius 2 is 1.85 bits per heavy atom. The normalized spacial score (nSPS) is 10.2. The summed E-state index contributed by atoms with van der Waals surface area (Å²) in [7, 11) is 1.63. The Hall–Kier alpha value is -3.42. The second-order valence-electron chi connectivity index (χ2n) is 5.33. The van der Waals surface area contributed by atoms with Gasteiger partial charge in [0.05, 0.1) is 19.9 Å². The number of ether oxygens (including phenoxy) is 2. The number of benzene rings is 1. The Balaban J connectivity index is 1.43. The van der Waals surface area contributed by atoms with Crippen LogP contribution in [0, 0.1) is 0 Å². The third-order valence-corrected chi connectivity index (χ3v) is 3.47. The summed E-state index contributed by atoms with van der Waals surface area (Å²) < 4.78 is 10.8. The number of pyridine rings is 1. The maximum atomic E-state index is 5.65. The van der Waals surface area contributed by atoms with Crippen LogP contribution in [-0.2, 0) is 6.54 Å². The summed E-state index contributed by atoms with van der Waals surface area (Å²) in [6.45, 7) is 1.65. The largest absolute Gasteiger partial charge is 0.497 e. The van der Waals surface area contributed by atoms with E-state index in [0.29, 0.717) is 31.5 Å². The van der Waals surface area contributed by atoms with Gasteiger partial charge in [0.2, 0.25) is 5.95 Å². The zero-order valence-electron chi connectivity index (χ0n) is 14.4. The van der Waals surface area contributed by atoms with Crippen molar-refractivity contribution >= 4 is 11.8 Å². The Kier molecular flexibility index (Phi) is 6.13. The standard InChI is InChI=1S/C18H20N6O2/c1-25-15-4-6-16(7-5-15)26-10-9-20-18-23-17(13-22-24-18)21-12-14-3-2-8-19-11-14/h2-8,11,13H,9-10,12H2,1H3,(H2,20,21,23,24). The first-order valence-corrected chi connectivity index (χ1v) is 8.17. The number of nitrogens with zero attached hydrogens (tertiary/aromatic N) is 4. The summed E-state index contributed by atoms with van der Waals surface area (Å²) in [6.07, 6.45) is 5.12. The van der Waals surface area contributed by atoms with E-state index >= 15 is 0 Å². The van der Waals surface area contributed by atoms with Gasteiger partial charge < -0.3 is 20.1 Å². The van der Waals surface area contributed by atoms with E-state index in [1.165, 1.54) is 0 Å². The topological polar surface area (TPSA) is 94.1 Å². The van der Waals surface area contributed by atoms with Gasteiger partial charge in [-0.05, 0) is 35.9 Å². The molecule has 0 saturated heterocycles. The molecule has 2 heterocycles. The van der Waals surface area contributed by atoms with E-state index < -0.39 is 0 Å². The van der Waals surface area contributed by atoms with Crippen LogP contribution in [0.3, 0.4) is 0 Å². The monoisotopic (exact) mass is 352 g/mol. The fourth-order valence-corrected chi connectivity index (χ4v) is 2.16. The van der Waals surface area contributed by atoms with Gasteiger partial charge in [0.15, 0.2) is 5.82 Å². The fraction of sp³-hybridized carbons (Fsp3) is 0.222. The van der Waals surface area contributed by atoms with E-state index in [9.17, 15) is 0 Å². The van der Waals surface area contributed by atoms with Crippen molar-refractivity contribution in [2.45, 2.75) is 6.54 Å². The molecule has 3 rings (SSSR count). The van der Waals surface area contributed by atoms with Crippen molar-refractivity contribution < 1.29 is 9.47 Å². The molecule has 0 bridgehead atoms. The van der Waals surface area contributed by atoms with Crippen molar-refractivity contribution in [3.8, 4) is 11.5 Å². The summed E-state index contributed by atoms with van der Waals surface area (Å²) in [4.78, 5) is 8.44. The Labute approximate surface area is 151 Å². The molecule has 2 aromatic heterocycles. The molecule has 0 atom stereocenters. The average Bonchev–Trinajstić information content (AvgIpc) is 2.71. The second kappa shape index (κ2) is 9.16. The highest BCUT2D eigenvalue weighted by Gasteiger charge is 2.01. The molecular formula is C18H20N6O2. The summed E-state index contributed by atoms with van der Waals surface area (Å²) >= 11 is 0.